The van der Waals surface area contributed by atoms with Crippen LogP contribution in [0.1, 0.15) is 11.1 Å². The number of amidine groups is 2. The monoisotopic (exact) mass is 487 g/mol. The molecule has 7 heteroatoms. The van der Waals surface area contributed by atoms with Gasteiger partial charge in [0.1, 0.15) is 5.84 Å². The Bertz CT molecular complexity index is 1060. The van der Waals surface area contributed by atoms with E-state index in [2.05, 4.69) is 32.6 Å². The first-order chi connectivity index (χ1) is 13.6. The number of ether oxygens (including phenoxy) is 1. The second-order valence-electron chi connectivity index (χ2n) is 6.15. The summed E-state index contributed by atoms with van der Waals surface area (Å²) in [5, 5.41) is 0. The highest BCUT2D eigenvalue weighted by Gasteiger charge is 2.21. The molecule has 2 aromatic rings. The van der Waals surface area contributed by atoms with Gasteiger partial charge in [0.2, 0.25) is 0 Å². The van der Waals surface area contributed by atoms with Crippen LogP contribution in [0.2, 0.25) is 0 Å². The molecule has 2 aliphatic rings. The van der Waals surface area contributed by atoms with E-state index in [1.54, 1.807) is 12.1 Å². The number of amides is 1. The van der Waals surface area contributed by atoms with Crippen LogP contribution in [0.4, 0.5) is 4.39 Å². The summed E-state index contributed by atoms with van der Waals surface area (Å²) in [6.07, 6.45) is 5.85. The molecular formula is C21H15FIN3O2. The molecule has 0 spiro atoms. The number of hydrogen-bond donors (Lipinski definition) is 0. The van der Waals surface area contributed by atoms with Crippen molar-refractivity contribution in [3.05, 3.63) is 87.4 Å². The van der Waals surface area contributed by atoms with Gasteiger partial charge in [0.25, 0.3) is 5.91 Å². The maximum Gasteiger partial charge on any atom is 0.285 e. The first kappa shape index (κ1) is 18.5. The average Bonchev–Trinajstić information content (AvgIpc) is 2.83. The van der Waals surface area contributed by atoms with Crippen LogP contribution in [-0.4, -0.2) is 29.1 Å². The number of nitrogens with zero attached hydrogens (tertiary/aromatic N) is 3. The highest BCUT2D eigenvalue weighted by molar-refractivity contribution is 14.1. The van der Waals surface area contributed by atoms with Crippen molar-refractivity contribution in [1.29, 1.82) is 0 Å². The quantitative estimate of drug-likeness (QED) is 0.609. The minimum atomic E-state index is -0.532. The number of aliphatic imine (C=N–C) groups is 2. The molecule has 2 heterocycles. The van der Waals surface area contributed by atoms with Crippen molar-refractivity contribution in [3.8, 4) is 5.75 Å². The summed E-state index contributed by atoms with van der Waals surface area (Å²) in [6.45, 7) is 0.263. The number of carbonyl (C=O) groups is 1. The Morgan fingerprint density at radius 2 is 1.96 bits per heavy atom. The van der Waals surface area contributed by atoms with E-state index in [4.69, 9.17) is 4.74 Å². The third-order valence-corrected chi connectivity index (χ3v) is 4.84. The molecule has 140 valence electrons. The molecular weight excluding hydrogens is 472 g/mol. The predicted molar refractivity (Wildman–Crippen MR) is 114 cm³/mol. The van der Waals surface area contributed by atoms with Gasteiger partial charge in [0.05, 0.1) is 0 Å². The summed E-state index contributed by atoms with van der Waals surface area (Å²) >= 11 is 2.25. The van der Waals surface area contributed by atoms with Gasteiger partial charge in [-0.3, -0.25) is 4.79 Å². The van der Waals surface area contributed by atoms with E-state index >= 15 is 0 Å². The van der Waals surface area contributed by atoms with Gasteiger partial charge in [0, 0.05) is 21.9 Å². The Hall–Kier alpha value is -2.81. The van der Waals surface area contributed by atoms with Gasteiger partial charge < -0.3 is 9.64 Å². The zero-order chi connectivity index (χ0) is 19.5. The Balaban J connectivity index is 1.63. The lowest BCUT2D eigenvalue weighted by molar-refractivity contribution is -0.119. The molecule has 4 rings (SSSR count). The number of benzene rings is 2. The van der Waals surface area contributed by atoms with Gasteiger partial charge in [-0.05, 0) is 52.4 Å². The molecule has 28 heavy (non-hydrogen) atoms. The maximum atomic E-state index is 13.7. The van der Waals surface area contributed by atoms with Crippen LogP contribution in [0, 0.1) is 5.82 Å². The number of allylic oxidation sites excluding steroid dienone is 2. The molecule has 0 saturated carbocycles. The van der Waals surface area contributed by atoms with Crippen LogP contribution in [0.25, 0.3) is 0 Å². The molecule has 0 unspecified atom stereocenters. The number of rotatable bonds is 3. The number of hydrogen-bond acceptors (Lipinski definition) is 3. The molecule has 0 aliphatic carbocycles. The van der Waals surface area contributed by atoms with Crippen molar-refractivity contribution in [2.75, 3.05) is 6.61 Å². The van der Waals surface area contributed by atoms with Crippen molar-refractivity contribution in [2.45, 2.75) is 6.54 Å². The number of para-hydroxylation sites is 1. The molecule has 2 aliphatic heterocycles. The van der Waals surface area contributed by atoms with Crippen LogP contribution < -0.4 is 4.74 Å². The summed E-state index contributed by atoms with van der Waals surface area (Å²) in [7, 11) is 0. The van der Waals surface area contributed by atoms with E-state index in [-0.39, 0.29) is 12.4 Å². The molecule has 0 fully saturated rings. The van der Waals surface area contributed by atoms with E-state index in [9.17, 15) is 9.18 Å². The molecule has 0 aromatic heterocycles. The van der Waals surface area contributed by atoms with E-state index < -0.39 is 11.7 Å². The van der Waals surface area contributed by atoms with Crippen molar-refractivity contribution in [3.63, 3.8) is 0 Å². The summed E-state index contributed by atoms with van der Waals surface area (Å²) in [5.41, 5.74) is 1.80. The Morgan fingerprint density at radius 1 is 1.18 bits per heavy atom. The Morgan fingerprint density at radius 3 is 2.82 bits per heavy atom. The molecule has 0 radical (unpaired) electrons. The Kier molecular flexibility index (Phi) is 5.34. The molecule has 2 aromatic carbocycles. The average molecular weight is 487 g/mol. The lowest BCUT2D eigenvalue weighted by Gasteiger charge is -2.21. The first-order valence-electron chi connectivity index (χ1n) is 8.58. The van der Waals surface area contributed by atoms with E-state index in [1.165, 1.54) is 12.1 Å². The summed E-state index contributed by atoms with van der Waals surface area (Å²) in [6, 6.07) is 13.6. The third-order valence-electron chi connectivity index (χ3n) is 4.20. The standard InChI is InChI=1S/C21H15FIN3O2/c22-17-7-3-4-8-18(17)28-13-20(27)25-21-16-6-2-1-5-14(16)11-26-12-15(23)9-10-19(26)24-21/h1-10,12H,11,13H2. The van der Waals surface area contributed by atoms with Gasteiger partial charge in [-0.1, -0.05) is 36.4 Å². The molecule has 0 atom stereocenters. The predicted octanol–water partition coefficient (Wildman–Crippen LogP) is 4.24. The highest BCUT2D eigenvalue weighted by atomic mass is 127. The molecule has 1 amide bonds. The number of fused-ring (bicyclic) bond motifs is 2. The summed E-state index contributed by atoms with van der Waals surface area (Å²) in [4.78, 5) is 23.1. The van der Waals surface area contributed by atoms with Crippen LogP contribution in [-0.2, 0) is 11.3 Å². The highest BCUT2D eigenvalue weighted by Crippen LogP contribution is 2.24. The van der Waals surface area contributed by atoms with Crippen LogP contribution in [0.15, 0.2) is 80.4 Å². The lowest BCUT2D eigenvalue weighted by Crippen LogP contribution is -2.25. The molecule has 5 nitrogen and oxygen atoms in total. The fourth-order valence-electron chi connectivity index (χ4n) is 2.90. The fourth-order valence-corrected chi connectivity index (χ4v) is 3.42. The van der Waals surface area contributed by atoms with Crippen molar-refractivity contribution in [1.82, 2.24) is 4.90 Å². The third kappa shape index (κ3) is 4.04. The number of carbonyl (C=O) groups excluding carboxylic acids is 1. The smallest absolute Gasteiger partial charge is 0.285 e. The minimum Gasteiger partial charge on any atom is -0.481 e. The van der Waals surface area contributed by atoms with Gasteiger partial charge in [-0.25, -0.2) is 9.38 Å². The topological polar surface area (TPSA) is 54.3 Å². The normalized spacial score (nSPS) is 16.6. The second-order valence-corrected chi connectivity index (χ2v) is 7.40. The minimum absolute atomic E-state index is 0.0183. The van der Waals surface area contributed by atoms with E-state index in [1.807, 2.05) is 47.5 Å². The molecule has 0 N–H and O–H groups in total. The molecule has 0 bridgehead atoms. The summed E-state index contributed by atoms with van der Waals surface area (Å²) < 4.78 is 20.0. The van der Waals surface area contributed by atoms with Crippen LogP contribution in [0.5, 0.6) is 5.75 Å². The van der Waals surface area contributed by atoms with Gasteiger partial charge in [0.15, 0.2) is 24.0 Å². The largest absolute Gasteiger partial charge is 0.481 e. The lowest BCUT2D eigenvalue weighted by atomic mass is 10.1. The fraction of sp³-hybridized carbons (Fsp3) is 0.0952. The zero-order valence-corrected chi connectivity index (χ0v) is 16.8. The van der Waals surface area contributed by atoms with Gasteiger partial charge in [-0.15, -0.1) is 0 Å². The first-order valence-corrected chi connectivity index (χ1v) is 9.66. The summed E-state index contributed by atoms with van der Waals surface area (Å²) in [5.74, 6) is -0.00346. The molecule has 0 saturated heterocycles. The van der Waals surface area contributed by atoms with Crippen molar-refractivity contribution < 1.29 is 13.9 Å². The van der Waals surface area contributed by atoms with E-state index in [0.717, 1.165) is 14.7 Å². The number of halogens is 2. The zero-order valence-electron chi connectivity index (χ0n) is 14.7. The van der Waals surface area contributed by atoms with Crippen molar-refractivity contribution >= 4 is 40.2 Å². The van der Waals surface area contributed by atoms with Crippen LogP contribution in [0.3, 0.4) is 0 Å². The Labute approximate surface area is 175 Å². The van der Waals surface area contributed by atoms with Crippen LogP contribution >= 0.6 is 22.6 Å². The second kappa shape index (κ2) is 8.05. The van der Waals surface area contributed by atoms with Crippen molar-refractivity contribution in [2.24, 2.45) is 9.98 Å². The SMILES string of the molecule is O=C(COc1ccccc1F)N=C1N=C2C=CC(I)=CN2Cc2ccccc21. The maximum absolute atomic E-state index is 13.7. The van der Waals surface area contributed by atoms with Gasteiger partial charge in [-0.2, -0.15) is 4.99 Å². The van der Waals surface area contributed by atoms with E-state index in [0.29, 0.717) is 18.2 Å². The van der Waals surface area contributed by atoms with Gasteiger partial charge >= 0.3 is 0 Å².